The van der Waals surface area contributed by atoms with E-state index >= 15 is 0 Å². The summed E-state index contributed by atoms with van der Waals surface area (Å²) < 4.78 is 24.2. The van der Waals surface area contributed by atoms with E-state index in [4.69, 9.17) is 9.47 Å². The second-order valence-electron chi connectivity index (χ2n) is 7.00. The van der Waals surface area contributed by atoms with E-state index in [0.717, 1.165) is 33.2 Å². The van der Waals surface area contributed by atoms with Crippen LogP contribution in [0.25, 0.3) is 0 Å². The van der Waals surface area contributed by atoms with Crippen molar-refractivity contribution >= 4 is 23.4 Å². The number of ether oxygens (including phenoxy) is 2. The standard InChI is InChI=1S/C23H18FNO3S/c24-17-8-5-15(6-9-17)13-25-18-3-1-2-4-21(18)29-22(12-23(25)26)16-7-10-19-20(11-16)28-14-27-19/h1-11,22H,12-14H2. The number of nitrogens with zero attached hydrogens (tertiary/aromatic N) is 1. The first-order valence-corrected chi connectivity index (χ1v) is 10.3. The van der Waals surface area contributed by atoms with Gasteiger partial charge in [-0.05, 0) is 47.5 Å². The summed E-state index contributed by atoms with van der Waals surface area (Å²) in [5.74, 6) is 1.21. The van der Waals surface area contributed by atoms with E-state index in [0.29, 0.717) is 13.0 Å². The van der Waals surface area contributed by atoms with E-state index in [2.05, 4.69) is 0 Å². The van der Waals surface area contributed by atoms with Gasteiger partial charge in [-0.2, -0.15) is 0 Å². The first kappa shape index (κ1) is 18.1. The molecule has 2 heterocycles. The first-order valence-electron chi connectivity index (χ1n) is 9.37. The van der Waals surface area contributed by atoms with Crippen LogP contribution in [-0.4, -0.2) is 12.7 Å². The van der Waals surface area contributed by atoms with Crippen molar-refractivity contribution < 1.29 is 18.7 Å². The molecule has 146 valence electrons. The van der Waals surface area contributed by atoms with E-state index in [1.165, 1.54) is 12.1 Å². The monoisotopic (exact) mass is 407 g/mol. The zero-order valence-corrected chi connectivity index (χ0v) is 16.3. The predicted octanol–water partition coefficient (Wildman–Crippen LogP) is 5.32. The molecule has 3 aromatic carbocycles. The molecule has 0 fully saturated rings. The Morgan fingerprint density at radius 3 is 2.66 bits per heavy atom. The van der Waals surface area contributed by atoms with Crippen molar-refractivity contribution in [2.75, 3.05) is 11.7 Å². The van der Waals surface area contributed by atoms with Gasteiger partial charge in [0, 0.05) is 16.6 Å². The molecule has 0 saturated heterocycles. The number of rotatable bonds is 3. The average molecular weight is 407 g/mol. The Morgan fingerprint density at radius 1 is 1.00 bits per heavy atom. The summed E-state index contributed by atoms with van der Waals surface area (Å²) in [6.45, 7) is 0.633. The second kappa shape index (κ2) is 7.44. The van der Waals surface area contributed by atoms with Crippen molar-refractivity contribution in [1.82, 2.24) is 0 Å². The number of thioether (sulfide) groups is 1. The zero-order valence-electron chi connectivity index (χ0n) is 15.5. The lowest BCUT2D eigenvalue weighted by molar-refractivity contribution is -0.118. The van der Waals surface area contributed by atoms with Gasteiger partial charge in [0.15, 0.2) is 11.5 Å². The number of benzene rings is 3. The van der Waals surface area contributed by atoms with Gasteiger partial charge in [-0.3, -0.25) is 4.79 Å². The van der Waals surface area contributed by atoms with E-state index < -0.39 is 0 Å². The number of hydrogen-bond acceptors (Lipinski definition) is 4. The molecule has 4 nitrogen and oxygen atoms in total. The van der Waals surface area contributed by atoms with Crippen molar-refractivity contribution in [2.45, 2.75) is 23.1 Å². The Bertz CT molecular complexity index is 1070. The molecule has 1 atom stereocenters. The quantitative estimate of drug-likeness (QED) is 0.589. The lowest BCUT2D eigenvalue weighted by atomic mass is 10.1. The highest BCUT2D eigenvalue weighted by Gasteiger charge is 2.30. The van der Waals surface area contributed by atoms with Crippen LogP contribution in [-0.2, 0) is 11.3 Å². The van der Waals surface area contributed by atoms with Gasteiger partial charge >= 0.3 is 0 Å². The van der Waals surface area contributed by atoms with Gasteiger partial charge in [0.2, 0.25) is 12.7 Å². The Kier molecular flexibility index (Phi) is 4.64. The van der Waals surface area contributed by atoms with E-state index in [-0.39, 0.29) is 23.8 Å². The van der Waals surface area contributed by atoms with Gasteiger partial charge in [-0.25, -0.2) is 4.39 Å². The van der Waals surface area contributed by atoms with E-state index in [1.807, 2.05) is 42.5 Å². The van der Waals surface area contributed by atoms with Crippen molar-refractivity contribution in [3.05, 3.63) is 83.7 Å². The Balaban J connectivity index is 1.48. The fourth-order valence-electron chi connectivity index (χ4n) is 3.62. The third-order valence-electron chi connectivity index (χ3n) is 5.11. The SMILES string of the molecule is O=C1CC(c2ccc3c(c2)OCO3)Sc2ccccc2N1Cc1ccc(F)cc1. The lowest BCUT2D eigenvalue weighted by Crippen LogP contribution is -2.30. The molecule has 2 aliphatic rings. The number of carbonyl (C=O) groups excluding carboxylic acids is 1. The number of anilines is 1. The molecule has 5 rings (SSSR count). The van der Waals surface area contributed by atoms with E-state index in [9.17, 15) is 9.18 Å². The van der Waals surface area contributed by atoms with Crippen LogP contribution in [0.1, 0.15) is 22.8 Å². The van der Waals surface area contributed by atoms with Gasteiger partial charge in [-0.1, -0.05) is 30.3 Å². The molecule has 2 aliphatic heterocycles. The van der Waals surface area contributed by atoms with Crippen LogP contribution in [0.5, 0.6) is 11.5 Å². The summed E-state index contributed by atoms with van der Waals surface area (Å²) >= 11 is 1.68. The number of amides is 1. The van der Waals surface area contributed by atoms with Crippen LogP contribution in [0.15, 0.2) is 71.6 Å². The van der Waals surface area contributed by atoms with Gasteiger partial charge < -0.3 is 14.4 Å². The molecule has 29 heavy (non-hydrogen) atoms. The van der Waals surface area contributed by atoms with Crippen LogP contribution < -0.4 is 14.4 Å². The average Bonchev–Trinajstić information content (AvgIpc) is 3.16. The van der Waals surface area contributed by atoms with Crippen LogP contribution in [0.4, 0.5) is 10.1 Å². The molecule has 6 heteroatoms. The van der Waals surface area contributed by atoms with Gasteiger partial charge in [0.1, 0.15) is 5.82 Å². The summed E-state index contributed by atoms with van der Waals surface area (Å²) in [6, 6.07) is 20.1. The van der Waals surface area contributed by atoms with Crippen molar-refractivity contribution in [3.8, 4) is 11.5 Å². The zero-order chi connectivity index (χ0) is 19.8. The summed E-state index contributed by atoms with van der Waals surface area (Å²) in [6.07, 6.45) is 0.361. The molecular weight excluding hydrogens is 389 g/mol. The Labute approximate surface area is 172 Å². The van der Waals surface area contributed by atoms with Crippen LogP contribution in [0, 0.1) is 5.82 Å². The molecule has 1 amide bonds. The second-order valence-corrected chi connectivity index (χ2v) is 8.24. The molecule has 0 spiro atoms. The summed E-state index contributed by atoms with van der Waals surface area (Å²) in [7, 11) is 0. The smallest absolute Gasteiger partial charge is 0.231 e. The lowest BCUT2D eigenvalue weighted by Gasteiger charge is -2.22. The molecule has 0 bridgehead atoms. The first-order chi connectivity index (χ1) is 14.2. The van der Waals surface area contributed by atoms with Gasteiger partial charge in [0.05, 0.1) is 12.2 Å². The highest BCUT2D eigenvalue weighted by molar-refractivity contribution is 7.99. The summed E-state index contributed by atoms with van der Waals surface area (Å²) in [5, 5.41) is -0.0311. The fraction of sp³-hybridized carbons (Fsp3) is 0.174. The molecule has 0 aromatic heterocycles. The maximum absolute atomic E-state index is 13.3. The number of para-hydroxylation sites is 1. The molecule has 1 unspecified atom stereocenters. The fourth-order valence-corrected chi connectivity index (χ4v) is 4.89. The number of halogens is 1. The number of carbonyl (C=O) groups is 1. The van der Waals surface area contributed by atoms with Crippen molar-refractivity contribution in [1.29, 1.82) is 0 Å². The molecule has 3 aromatic rings. The number of hydrogen-bond donors (Lipinski definition) is 0. The Hall–Kier alpha value is -2.99. The Morgan fingerprint density at radius 2 is 1.79 bits per heavy atom. The topological polar surface area (TPSA) is 38.8 Å². The van der Waals surface area contributed by atoms with Crippen molar-refractivity contribution in [2.24, 2.45) is 0 Å². The van der Waals surface area contributed by atoms with Gasteiger partial charge in [-0.15, -0.1) is 11.8 Å². The molecular formula is C23H18FNO3S. The highest BCUT2D eigenvalue weighted by atomic mass is 32.2. The summed E-state index contributed by atoms with van der Waals surface area (Å²) in [4.78, 5) is 16.1. The molecule has 0 N–H and O–H groups in total. The number of fused-ring (bicyclic) bond motifs is 2. The molecule has 0 aliphatic carbocycles. The maximum atomic E-state index is 13.3. The molecule has 0 saturated carbocycles. The van der Waals surface area contributed by atoms with E-state index in [1.54, 1.807) is 28.8 Å². The van der Waals surface area contributed by atoms with Gasteiger partial charge in [0.25, 0.3) is 0 Å². The van der Waals surface area contributed by atoms with Crippen LogP contribution >= 0.6 is 11.8 Å². The largest absolute Gasteiger partial charge is 0.454 e. The summed E-state index contributed by atoms with van der Waals surface area (Å²) in [5.41, 5.74) is 2.81. The minimum atomic E-state index is -0.283. The predicted molar refractivity (Wildman–Crippen MR) is 110 cm³/mol. The van der Waals surface area contributed by atoms with Crippen molar-refractivity contribution in [3.63, 3.8) is 0 Å². The third-order valence-corrected chi connectivity index (χ3v) is 6.43. The maximum Gasteiger partial charge on any atom is 0.231 e. The van der Waals surface area contributed by atoms with Crippen LogP contribution in [0.2, 0.25) is 0 Å². The molecule has 0 radical (unpaired) electrons. The minimum Gasteiger partial charge on any atom is -0.454 e. The van der Waals surface area contributed by atoms with Crippen LogP contribution in [0.3, 0.4) is 0 Å². The highest BCUT2D eigenvalue weighted by Crippen LogP contribution is 2.47. The normalized spacial score (nSPS) is 17.8. The third kappa shape index (κ3) is 3.56. The minimum absolute atomic E-state index is 0.0311.